The van der Waals surface area contributed by atoms with Gasteiger partial charge in [0.1, 0.15) is 5.60 Å². The lowest BCUT2D eigenvalue weighted by Crippen LogP contribution is -2.55. The van der Waals surface area contributed by atoms with Gasteiger partial charge in [-0.2, -0.15) is 13.2 Å². The molecule has 0 N–H and O–H groups in total. The fourth-order valence-corrected chi connectivity index (χ4v) is 3.22. The van der Waals surface area contributed by atoms with E-state index >= 15 is 0 Å². The Bertz CT molecular complexity index is 1090. The van der Waals surface area contributed by atoms with Crippen molar-refractivity contribution in [1.29, 1.82) is 0 Å². The molecule has 3 aromatic rings. The zero-order valence-electron chi connectivity index (χ0n) is 16.5. The molecule has 0 spiro atoms. The average Bonchev–Trinajstić information content (AvgIpc) is 3.08. The highest BCUT2D eigenvalue weighted by atomic mass is 19.4. The van der Waals surface area contributed by atoms with Crippen LogP contribution < -0.4 is 4.74 Å². The fourth-order valence-electron chi connectivity index (χ4n) is 3.22. The highest BCUT2D eigenvalue weighted by Gasteiger charge is 2.61. The van der Waals surface area contributed by atoms with E-state index in [1.165, 1.54) is 19.5 Å². The number of methoxy groups -OCH3 is 1. The topological polar surface area (TPSA) is 74.4 Å². The number of ether oxygens (including phenoxy) is 2. The summed E-state index contributed by atoms with van der Waals surface area (Å²) >= 11 is 0. The van der Waals surface area contributed by atoms with Crippen LogP contribution in [0.15, 0.2) is 24.7 Å². The summed E-state index contributed by atoms with van der Waals surface area (Å²) < 4.78 is 66.5. The smallest absolute Gasteiger partial charge is 0.428 e. The Hall–Kier alpha value is -2.82. The van der Waals surface area contributed by atoms with E-state index in [0.717, 1.165) is 6.07 Å². The SMILES string of the molecule is COC(C)(C)c1nnc2cnc(-c3cnc(OC4(C(F)(F)F)CCC4)c(F)c3)cn12. The Morgan fingerprint density at radius 2 is 1.83 bits per heavy atom. The second kappa shape index (κ2) is 6.86. The second-order valence-corrected chi connectivity index (χ2v) is 7.70. The van der Waals surface area contributed by atoms with Crippen LogP contribution in [0.2, 0.25) is 0 Å². The van der Waals surface area contributed by atoms with Gasteiger partial charge >= 0.3 is 6.18 Å². The van der Waals surface area contributed by atoms with Gasteiger partial charge in [-0.15, -0.1) is 10.2 Å². The van der Waals surface area contributed by atoms with Gasteiger partial charge in [0, 0.05) is 25.1 Å². The third kappa shape index (κ3) is 3.26. The van der Waals surface area contributed by atoms with Crippen LogP contribution in [0.4, 0.5) is 17.6 Å². The van der Waals surface area contributed by atoms with E-state index in [1.54, 1.807) is 10.6 Å². The molecule has 0 bridgehead atoms. The minimum absolute atomic E-state index is 0.219. The van der Waals surface area contributed by atoms with Crippen LogP contribution in [-0.4, -0.2) is 43.5 Å². The maximum Gasteiger partial charge on any atom is 0.428 e. The number of alkyl halides is 3. The lowest BCUT2D eigenvalue weighted by molar-refractivity contribution is -0.275. The van der Waals surface area contributed by atoms with Crippen molar-refractivity contribution < 1.29 is 27.0 Å². The van der Waals surface area contributed by atoms with Crippen LogP contribution in [0, 0.1) is 5.82 Å². The lowest BCUT2D eigenvalue weighted by Gasteiger charge is -2.42. The van der Waals surface area contributed by atoms with Gasteiger partial charge in [0.2, 0.25) is 5.60 Å². The van der Waals surface area contributed by atoms with Gasteiger partial charge in [-0.1, -0.05) is 0 Å². The molecule has 0 aliphatic heterocycles. The number of halogens is 4. The molecule has 3 aromatic heterocycles. The van der Waals surface area contributed by atoms with Crippen molar-refractivity contribution in [3.63, 3.8) is 0 Å². The molecule has 7 nitrogen and oxygen atoms in total. The molecule has 3 heterocycles. The van der Waals surface area contributed by atoms with Crippen LogP contribution in [0.5, 0.6) is 5.88 Å². The summed E-state index contributed by atoms with van der Waals surface area (Å²) in [5.74, 6) is -1.16. The molecule has 11 heteroatoms. The van der Waals surface area contributed by atoms with Crippen molar-refractivity contribution in [3.8, 4) is 17.1 Å². The van der Waals surface area contributed by atoms with Crippen molar-refractivity contribution in [1.82, 2.24) is 24.6 Å². The molecule has 4 rings (SSSR count). The molecule has 0 aromatic carbocycles. The quantitative estimate of drug-likeness (QED) is 0.574. The summed E-state index contributed by atoms with van der Waals surface area (Å²) in [4.78, 5) is 8.01. The summed E-state index contributed by atoms with van der Waals surface area (Å²) in [5.41, 5.74) is -2.05. The molecule has 0 atom stereocenters. The van der Waals surface area contributed by atoms with Crippen LogP contribution in [0.25, 0.3) is 16.9 Å². The molecule has 0 saturated heterocycles. The third-order valence-corrected chi connectivity index (χ3v) is 5.41. The van der Waals surface area contributed by atoms with Crippen molar-refractivity contribution in [2.24, 2.45) is 0 Å². The molecule has 0 unspecified atom stereocenters. The normalized spacial score (nSPS) is 16.5. The summed E-state index contributed by atoms with van der Waals surface area (Å²) in [7, 11) is 1.54. The molecule has 1 aliphatic carbocycles. The second-order valence-electron chi connectivity index (χ2n) is 7.70. The zero-order valence-corrected chi connectivity index (χ0v) is 16.5. The molecule has 0 radical (unpaired) electrons. The first kappa shape index (κ1) is 20.5. The van der Waals surface area contributed by atoms with Gasteiger partial charge in [-0.25, -0.2) is 9.37 Å². The van der Waals surface area contributed by atoms with Crippen LogP contribution in [0.1, 0.15) is 38.9 Å². The standard InChI is InChI=1S/C19H19F4N5O2/c1-17(2,29-3)16-27-26-14-9-24-13(10-28(14)16)11-7-12(20)15(25-8-11)30-18(5-4-6-18)19(21,22)23/h7-10H,4-6H2,1-3H3. The Balaban J connectivity index is 1.68. The molecule has 160 valence electrons. The molecule has 1 aliphatic rings. The first-order valence-electron chi connectivity index (χ1n) is 9.24. The van der Waals surface area contributed by atoms with E-state index in [4.69, 9.17) is 9.47 Å². The van der Waals surface area contributed by atoms with Gasteiger partial charge in [0.25, 0.3) is 5.88 Å². The van der Waals surface area contributed by atoms with Crippen molar-refractivity contribution in [2.75, 3.05) is 7.11 Å². The number of nitrogens with zero attached hydrogens (tertiary/aromatic N) is 5. The number of hydrogen-bond donors (Lipinski definition) is 0. The Morgan fingerprint density at radius 1 is 1.10 bits per heavy atom. The first-order chi connectivity index (χ1) is 14.1. The van der Waals surface area contributed by atoms with Crippen molar-refractivity contribution >= 4 is 5.65 Å². The number of hydrogen-bond acceptors (Lipinski definition) is 6. The fraction of sp³-hybridized carbons (Fsp3) is 0.474. The lowest BCUT2D eigenvalue weighted by atomic mass is 9.79. The highest BCUT2D eigenvalue weighted by molar-refractivity contribution is 5.59. The largest absolute Gasteiger partial charge is 0.459 e. The third-order valence-electron chi connectivity index (χ3n) is 5.41. The van der Waals surface area contributed by atoms with Crippen LogP contribution >= 0.6 is 0 Å². The summed E-state index contributed by atoms with van der Waals surface area (Å²) in [5, 5.41) is 8.15. The van der Waals surface area contributed by atoms with Crippen molar-refractivity contribution in [3.05, 3.63) is 36.3 Å². The summed E-state index contributed by atoms with van der Waals surface area (Å²) in [6, 6.07) is 1.05. The van der Waals surface area contributed by atoms with E-state index < -0.39 is 29.1 Å². The van der Waals surface area contributed by atoms with E-state index in [2.05, 4.69) is 20.2 Å². The van der Waals surface area contributed by atoms with Gasteiger partial charge in [-0.05, 0) is 39.2 Å². The van der Waals surface area contributed by atoms with Crippen LogP contribution in [-0.2, 0) is 10.3 Å². The molecule has 0 amide bonds. The molecular weight excluding hydrogens is 406 g/mol. The van der Waals surface area contributed by atoms with Gasteiger partial charge < -0.3 is 9.47 Å². The molecule has 1 saturated carbocycles. The zero-order chi connectivity index (χ0) is 21.7. The molecular formula is C19H19F4N5O2. The summed E-state index contributed by atoms with van der Waals surface area (Å²) in [6.07, 6.45) is -0.405. The Morgan fingerprint density at radius 3 is 2.40 bits per heavy atom. The predicted molar refractivity (Wildman–Crippen MR) is 97.3 cm³/mol. The number of pyridine rings is 1. The highest BCUT2D eigenvalue weighted by Crippen LogP contribution is 2.48. The number of fused-ring (bicyclic) bond motifs is 1. The first-order valence-corrected chi connectivity index (χ1v) is 9.24. The van der Waals surface area contributed by atoms with Gasteiger partial charge in [0.15, 0.2) is 17.3 Å². The Labute approximate surface area is 169 Å². The van der Waals surface area contributed by atoms with E-state index in [9.17, 15) is 17.6 Å². The predicted octanol–water partition coefficient (Wildman–Crippen LogP) is 4.07. The number of rotatable bonds is 5. The maximum absolute atomic E-state index is 14.6. The van der Waals surface area contributed by atoms with E-state index in [1.807, 2.05) is 13.8 Å². The minimum Gasteiger partial charge on any atom is -0.459 e. The number of aromatic nitrogens is 5. The minimum atomic E-state index is -4.59. The van der Waals surface area contributed by atoms with Gasteiger partial charge in [0.05, 0.1) is 11.9 Å². The maximum atomic E-state index is 14.6. The Kier molecular flexibility index (Phi) is 4.68. The van der Waals surface area contributed by atoms with Crippen LogP contribution in [0.3, 0.4) is 0 Å². The van der Waals surface area contributed by atoms with E-state index in [0.29, 0.717) is 23.6 Å². The van der Waals surface area contributed by atoms with E-state index in [-0.39, 0.29) is 18.4 Å². The average molecular weight is 425 g/mol. The van der Waals surface area contributed by atoms with Gasteiger partial charge in [-0.3, -0.25) is 9.38 Å². The molecule has 1 fully saturated rings. The summed E-state index contributed by atoms with van der Waals surface area (Å²) in [6.45, 7) is 3.63. The molecule has 30 heavy (non-hydrogen) atoms. The van der Waals surface area contributed by atoms with Crippen molar-refractivity contribution in [2.45, 2.75) is 50.5 Å². The monoisotopic (exact) mass is 425 g/mol.